The second kappa shape index (κ2) is 5.94. The molecule has 3 N–H and O–H groups in total. The maximum atomic E-state index is 12.2. The van der Waals surface area contributed by atoms with Gasteiger partial charge in [0, 0.05) is 17.1 Å². The molecule has 2 amide bonds. The minimum absolute atomic E-state index is 0.00537. The third kappa shape index (κ3) is 3.73. The first-order valence-corrected chi connectivity index (χ1v) is 6.85. The Balaban J connectivity index is 1.90. The lowest BCUT2D eigenvalue weighted by molar-refractivity contribution is 0.0871. The van der Waals surface area contributed by atoms with Gasteiger partial charge in [0.1, 0.15) is 0 Å². The van der Waals surface area contributed by atoms with Gasteiger partial charge in [0.2, 0.25) is 0 Å². The van der Waals surface area contributed by atoms with Crippen LogP contribution in [0.25, 0.3) is 0 Å². The summed E-state index contributed by atoms with van der Waals surface area (Å²) in [5, 5.41) is 14.3. The highest BCUT2D eigenvalue weighted by atomic mass is 16.4. The van der Waals surface area contributed by atoms with Gasteiger partial charge in [0.25, 0.3) is 5.91 Å². The Hall–Kier alpha value is -2.04. The SMILES string of the molecule is CC1(NC(=O)c2ccccc2)CCC(NC(=O)O)CC1. The van der Waals surface area contributed by atoms with E-state index in [-0.39, 0.29) is 17.5 Å². The molecule has 1 aliphatic rings. The molecular weight excluding hydrogens is 256 g/mol. The maximum absolute atomic E-state index is 12.2. The topological polar surface area (TPSA) is 78.4 Å². The predicted molar refractivity (Wildman–Crippen MR) is 75.7 cm³/mol. The second-order valence-electron chi connectivity index (χ2n) is 5.60. The molecular formula is C15H20N2O3. The molecule has 1 saturated carbocycles. The van der Waals surface area contributed by atoms with E-state index in [1.54, 1.807) is 12.1 Å². The van der Waals surface area contributed by atoms with Crippen LogP contribution in [0.1, 0.15) is 43.0 Å². The highest BCUT2D eigenvalue weighted by Gasteiger charge is 2.33. The zero-order chi connectivity index (χ0) is 14.6. The third-order valence-electron chi connectivity index (χ3n) is 3.87. The number of carboxylic acid groups (broad SMARTS) is 1. The molecule has 5 nitrogen and oxygen atoms in total. The summed E-state index contributed by atoms with van der Waals surface area (Å²) in [7, 11) is 0. The molecule has 0 atom stereocenters. The fraction of sp³-hybridized carbons (Fsp3) is 0.467. The van der Waals surface area contributed by atoms with Gasteiger partial charge in [-0.15, -0.1) is 0 Å². The molecule has 1 aromatic carbocycles. The largest absolute Gasteiger partial charge is 0.465 e. The summed E-state index contributed by atoms with van der Waals surface area (Å²) in [5.41, 5.74) is 0.392. The molecule has 0 aromatic heterocycles. The molecule has 5 heteroatoms. The summed E-state index contributed by atoms with van der Waals surface area (Å²) in [6, 6.07) is 9.12. The van der Waals surface area contributed by atoms with Gasteiger partial charge in [-0.05, 0) is 44.7 Å². The normalized spacial score (nSPS) is 25.8. The van der Waals surface area contributed by atoms with Crippen LogP contribution in [0.5, 0.6) is 0 Å². The highest BCUT2D eigenvalue weighted by Crippen LogP contribution is 2.28. The van der Waals surface area contributed by atoms with E-state index in [1.807, 2.05) is 25.1 Å². The molecule has 0 aliphatic heterocycles. The Bertz CT molecular complexity index is 479. The van der Waals surface area contributed by atoms with Gasteiger partial charge in [0.15, 0.2) is 0 Å². The number of benzene rings is 1. The number of hydrogen-bond acceptors (Lipinski definition) is 2. The van der Waals surface area contributed by atoms with Crippen LogP contribution in [-0.4, -0.2) is 28.7 Å². The van der Waals surface area contributed by atoms with Crippen molar-refractivity contribution in [3.8, 4) is 0 Å². The summed E-state index contributed by atoms with van der Waals surface area (Å²) < 4.78 is 0. The molecule has 1 fully saturated rings. The molecule has 2 rings (SSSR count). The number of amides is 2. The van der Waals surface area contributed by atoms with E-state index in [0.717, 1.165) is 25.7 Å². The van der Waals surface area contributed by atoms with Crippen molar-refractivity contribution in [2.24, 2.45) is 0 Å². The predicted octanol–water partition coefficient (Wildman–Crippen LogP) is 2.39. The van der Waals surface area contributed by atoms with Crippen molar-refractivity contribution in [1.82, 2.24) is 10.6 Å². The average Bonchev–Trinajstić information content (AvgIpc) is 2.42. The van der Waals surface area contributed by atoms with Crippen LogP contribution in [0.2, 0.25) is 0 Å². The van der Waals surface area contributed by atoms with E-state index in [9.17, 15) is 9.59 Å². The first kappa shape index (κ1) is 14.4. The van der Waals surface area contributed by atoms with E-state index in [0.29, 0.717) is 5.56 Å². The summed E-state index contributed by atoms with van der Waals surface area (Å²) >= 11 is 0. The third-order valence-corrected chi connectivity index (χ3v) is 3.87. The van der Waals surface area contributed by atoms with Crippen molar-refractivity contribution in [2.75, 3.05) is 0 Å². The van der Waals surface area contributed by atoms with E-state index in [4.69, 9.17) is 5.11 Å². The van der Waals surface area contributed by atoms with Gasteiger partial charge in [-0.1, -0.05) is 18.2 Å². The van der Waals surface area contributed by atoms with Crippen LogP contribution in [0, 0.1) is 0 Å². The van der Waals surface area contributed by atoms with E-state index in [1.165, 1.54) is 0 Å². The van der Waals surface area contributed by atoms with Gasteiger partial charge in [-0.3, -0.25) is 4.79 Å². The number of carbonyl (C=O) groups is 2. The minimum atomic E-state index is -0.980. The fourth-order valence-corrected chi connectivity index (χ4v) is 2.63. The molecule has 1 aliphatic carbocycles. The molecule has 0 saturated heterocycles. The van der Waals surface area contributed by atoms with Crippen LogP contribution >= 0.6 is 0 Å². The van der Waals surface area contributed by atoms with Gasteiger partial charge in [-0.25, -0.2) is 4.79 Å². The zero-order valence-electron chi connectivity index (χ0n) is 11.6. The second-order valence-corrected chi connectivity index (χ2v) is 5.60. The Labute approximate surface area is 118 Å². The molecule has 1 aromatic rings. The number of rotatable bonds is 3. The van der Waals surface area contributed by atoms with Gasteiger partial charge in [0.05, 0.1) is 0 Å². The van der Waals surface area contributed by atoms with Crippen molar-refractivity contribution in [2.45, 2.75) is 44.2 Å². The summed E-state index contributed by atoms with van der Waals surface area (Å²) in [6.45, 7) is 2.02. The van der Waals surface area contributed by atoms with Crippen LogP contribution < -0.4 is 10.6 Å². The van der Waals surface area contributed by atoms with Crippen LogP contribution in [-0.2, 0) is 0 Å². The molecule has 0 spiro atoms. The number of hydrogen-bond donors (Lipinski definition) is 3. The fourth-order valence-electron chi connectivity index (χ4n) is 2.63. The molecule has 20 heavy (non-hydrogen) atoms. The molecule has 0 radical (unpaired) electrons. The lowest BCUT2D eigenvalue weighted by Crippen LogP contribution is -2.51. The van der Waals surface area contributed by atoms with Gasteiger partial charge < -0.3 is 15.7 Å². The van der Waals surface area contributed by atoms with Crippen molar-refractivity contribution in [3.63, 3.8) is 0 Å². The van der Waals surface area contributed by atoms with Gasteiger partial charge in [-0.2, -0.15) is 0 Å². The zero-order valence-corrected chi connectivity index (χ0v) is 11.6. The van der Waals surface area contributed by atoms with Crippen molar-refractivity contribution in [3.05, 3.63) is 35.9 Å². The summed E-state index contributed by atoms with van der Waals surface area (Å²) in [5.74, 6) is -0.0715. The lowest BCUT2D eigenvalue weighted by atomic mass is 9.80. The van der Waals surface area contributed by atoms with E-state index >= 15 is 0 Å². The summed E-state index contributed by atoms with van der Waals surface area (Å²) in [4.78, 5) is 22.8. The molecule has 0 bridgehead atoms. The maximum Gasteiger partial charge on any atom is 0.404 e. The summed E-state index contributed by atoms with van der Waals surface area (Å²) in [6.07, 6.45) is 2.06. The van der Waals surface area contributed by atoms with Crippen molar-refractivity contribution in [1.29, 1.82) is 0 Å². The Morgan fingerprint density at radius 3 is 2.35 bits per heavy atom. The highest BCUT2D eigenvalue weighted by molar-refractivity contribution is 5.94. The Morgan fingerprint density at radius 1 is 1.20 bits per heavy atom. The first-order valence-electron chi connectivity index (χ1n) is 6.85. The quantitative estimate of drug-likeness (QED) is 0.793. The van der Waals surface area contributed by atoms with Crippen LogP contribution in [0.15, 0.2) is 30.3 Å². The average molecular weight is 276 g/mol. The van der Waals surface area contributed by atoms with E-state index in [2.05, 4.69) is 10.6 Å². The van der Waals surface area contributed by atoms with Crippen molar-refractivity contribution < 1.29 is 14.7 Å². The van der Waals surface area contributed by atoms with Crippen LogP contribution in [0.3, 0.4) is 0 Å². The molecule has 0 heterocycles. The van der Waals surface area contributed by atoms with Crippen molar-refractivity contribution >= 4 is 12.0 Å². The monoisotopic (exact) mass is 276 g/mol. The molecule has 0 unspecified atom stereocenters. The Kier molecular flexibility index (Phi) is 4.27. The standard InChI is InChI=1S/C15H20N2O3/c1-15(9-7-12(8-10-15)16-14(19)20)17-13(18)11-5-3-2-4-6-11/h2-6,12,16H,7-10H2,1H3,(H,17,18)(H,19,20). The lowest BCUT2D eigenvalue weighted by Gasteiger charge is -2.38. The minimum Gasteiger partial charge on any atom is -0.465 e. The van der Waals surface area contributed by atoms with E-state index < -0.39 is 6.09 Å². The smallest absolute Gasteiger partial charge is 0.404 e. The van der Waals surface area contributed by atoms with Gasteiger partial charge >= 0.3 is 6.09 Å². The molecule has 108 valence electrons. The Morgan fingerprint density at radius 2 is 1.80 bits per heavy atom. The first-order chi connectivity index (χ1) is 9.48. The number of carbonyl (C=O) groups excluding carboxylic acids is 1. The number of nitrogens with one attached hydrogen (secondary N) is 2. The van der Waals surface area contributed by atoms with Crippen LogP contribution in [0.4, 0.5) is 4.79 Å².